The van der Waals surface area contributed by atoms with Crippen molar-refractivity contribution in [2.75, 3.05) is 0 Å². The molecule has 0 bridgehead atoms. The second kappa shape index (κ2) is 8.42. The summed E-state index contributed by atoms with van der Waals surface area (Å²) in [6, 6.07) is 0. The second-order valence-electron chi connectivity index (χ2n) is 8.73. The van der Waals surface area contributed by atoms with Crippen LogP contribution < -0.4 is 0 Å². The van der Waals surface area contributed by atoms with Gasteiger partial charge in [0.2, 0.25) is 0 Å². The van der Waals surface area contributed by atoms with Crippen LogP contribution in [0.3, 0.4) is 0 Å². The zero-order chi connectivity index (χ0) is 16.8. The molecule has 1 aliphatic carbocycles. The van der Waals surface area contributed by atoms with E-state index in [1.807, 2.05) is 0 Å². The molecule has 22 heavy (non-hydrogen) atoms. The number of terminal acetylenes is 1. The molecule has 0 N–H and O–H groups in total. The molecule has 0 aromatic rings. The Morgan fingerprint density at radius 2 is 1.73 bits per heavy atom. The summed E-state index contributed by atoms with van der Waals surface area (Å²) in [7, 11) is 0. The summed E-state index contributed by atoms with van der Waals surface area (Å²) in [6.07, 6.45) is 17.2. The van der Waals surface area contributed by atoms with E-state index in [0.29, 0.717) is 10.8 Å². The maximum atomic E-state index is 5.45. The first kappa shape index (κ1) is 19.6. The van der Waals surface area contributed by atoms with Crippen molar-refractivity contribution in [3.8, 4) is 12.3 Å². The molecule has 0 aliphatic heterocycles. The van der Waals surface area contributed by atoms with Gasteiger partial charge >= 0.3 is 0 Å². The van der Waals surface area contributed by atoms with E-state index in [9.17, 15) is 0 Å². The van der Waals surface area contributed by atoms with E-state index in [1.165, 1.54) is 51.4 Å². The lowest BCUT2D eigenvalue weighted by Crippen LogP contribution is -2.43. The lowest BCUT2D eigenvalue weighted by atomic mass is 9.53. The number of unbranched alkanes of at least 4 members (excludes halogenated alkanes) is 1. The van der Waals surface area contributed by atoms with Crippen LogP contribution in [-0.4, -0.2) is 0 Å². The minimum Gasteiger partial charge on any atom is -0.120 e. The molecule has 0 heteroatoms. The fourth-order valence-electron chi connectivity index (χ4n) is 5.80. The van der Waals surface area contributed by atoms with Crippen molar-refractivity contribution in [2.24, 2.45) is 28.6 Å². The molecule has 0 aromatic heterocycles. The van der Waals surface area contributed by atoms with Crippen LogP contribution in [0.2, 0.25) is 0 Å². The normalized spacial score (nSPS) is 31.6. The zero-order valence-electron chi connectivity index (χ0n) is 16.2. The number of hydrogen-bond donors (Lipinski definition) is 0. The summed E-state index contributed by atoms with van der Waals surface area (Å²) in [6.45, 7) is 15.0. The topological polar surface area (TPSA) is 0 Å². The van der Waals surface area contributed by atoms with Crippen LogP contribution in [0.4, 0.5) is 0 Å². The van der Waals surface area contributed by atoms with Crippen LogP contribution in [0.5, 0.6) is 0 Å². The Morgan fingerprint density at radius 1 is 1.09 bits per heavy atom. The minimum absolute atomic E-state index is 0.431. The molecule has 0 radical (unpaired) electrons. The maximum Gasteiger partial charge on any atom is 0.00861 e. The zero-order valence-corrected chi connectivity index (χ0v) is 16.2. The van der Waals surface area contributed by atoms with E-state index in [-0.39, 0.29) is 0 Å². The highest BCUT2D eigenvalue weighted by Crippen LogP contribution is 2.56. The molecule has 128 valence electrons. The smallest absolute Gasteiger partial charge is 0.00861 e. The fourth-order valence-corrected chi connectivity index (χ4v) is 5.80. The van der Waals surface area contributed by atoms with Crippen molar-refractivity contribution in [1.82, 2.24) is 0 Å². The first-order valence-corrected chi connectivity index (χ1v) is 9.76. The van der Waals surface area contributed by atoms with Crippen LogP contribution in [-0.2, 0) is 0 Å². The molecular formula is C22H40. The molecule has 1 fully saturated rings. The third-order valence-corrected chi connectivity index (χ3v) is 7.11. The minimum atomic E-state index is 0.431. The van der Waals surface area contributed by atoms with Gasteiger partial charge in [-0.25, -0.2) is 0 Å². The van der Waals surface area contributed by atoms with Gasteiger partial charge in [0.25, 0.3) is 0 Å². The Morgan fingerprint density at radius 3 is 2.27 bits per heavy atom. The summed E-state index contributed by atoms with van der Waals surface area (Å²) >= 11 is 0. The summed E-state index contributed by atoms with van der Waals surface area (Å²) in [5.41, 5.74) is 0.927. The van der Waals surface area contributed by atoms with Gasteiger partial charge in [0, 0.05) is 6.42 Å². The Kier molecular flexibility index (Phi) is 7.51. The van der Waals surface area contributed by atoms with Gasteiger partial charge in [0.15, 0.2) is 0 Å². The summed E-state index contributed by atoms with van der Waals surface area (Å²) in [5, 5.41) is 0. The lowest BCUT2D eigenvalue weighted by Gasteiger charge is -2.52. The predicted octanol–water partition coefficient (Wildman–Crippen LogP) is 7.08. The van der Waals surface area contributed by atoms with Crippen LogP contribution in [0.15, 0.2) is 0 Å². The van der Waals surface area contributed by atoms with Crippen LogP contribution in [0, 0.1) is 40.9 Å². The van der Waals surface area contributed by atoms with E-state index in [2.05, 4.69) is 47.5 Å². The summed E-state index contributed by atoms with van der Waals surface area (Å²) in [4.78, 5) is 0. The van der Waals surface area contributed by atoms with Gasteiger partial charge in [-0.3, -0.25) is 0 Å². The fraction of sp³-hybridized carbons (Fsp3) is 0.909. The molecule has 1 saturated carbocycles. The average Bonchev–Trinajstić information content (AvgIpc) is 2.48. The number of hydrogen-bond acceptors (Lipinski definition) is 0. The van der Waals surface area contributed by atoms with Gasteiger partial charge in [-0.1, -0.05) is 54.4 Å². The van der Waals surface area contributed by atoms with E-state index in [0.717, 1.165) is 24.2 Å². The third-order valence-electron chi connectivity index (χ3n) is 7.11. The molecule has 3 atom stereocenters. The van der Waals surface area contributed by atoms with E-state index in [4.69, 9.17) is 6.42 Å². The number of rotatable bonds is 5. The Labute approximate surface area is 140 Å². The van der Waals surface area contributed by atoms with E-state index in [1.54, 1.807) is 0 Å². The largest absolute Gasteiger partial charge is 0.120 e. The van der Waals surface area contributed by atoms with Crippen LogP contribution in [0.1, 0.15) is 99.3 Å². The quantitative estimate of drug-likeness (QED) is 0.376. The molecule has 0 heterocycles. The van der Waals surface area contributed by atoms with Gasteiger partial charge in [-0.05, 0) is 67.1 Å². The van der Waals surface area contributed by atoms with Gasteiger partial charge in [0.1, 0.15) is 0 Å². The van der Waals surface area contributed by atoms with Crippen molar-refractivity contribution in [2.45, 2.75) is 99.3 Å². The van der Waals surface area contributed by atoms with Crippen LogP contribution >= 0.6 is 0 Å². The monoisotopic (exact) mass is 304 g/mol. The highest BCUT2D eigenvalue weighted by Gasteiger charge is 2.47. The van der Waals surface area contributed by atoms with Gasteiger partial charge in [-0.2, -0.15) is 0 Å². The molecule has 1 aliphatic rings. The van der Waals surface area contributed by atoms with Crippen molar-refractivity contribution in [3.63, 3.8) is 0 Å². The van der Waals surface area contributed by atoms with Gasteiger partial charge in [0.05, 0.1) is 0 Å². The van der Waals surface area contributed by atoms with Crippen LogP contribution in [0.25, 0.3) is 0 Å². The van der Waals surface area contributed by atoms with Crippen molar-refractivity contribution in [3.05, 3.63) is 0 Å². The predicted molar refractivity (Wildman–Crippen MR) is 99.8 cm³/mol. The molecule has 0 saturated heterocycles. The molecule has 0 amide bonds. The summed E-state index contributed by atoms with van der Waals surface area (Å²) in [5.74, 6) is 5.39. The highest BCUT2D eigenvalue weighted by atomic mass is 14.5. The van der Waals surface area contributed by atoms with E-state index < -0.39 is 0 Å². The van der Waals surface area contributed by atoms with Gasteiger partial charge in [-0.15, -0.1) is 12.3 Å². The van der Waals surface area contributed by atoms with Crippen molar-refractivity contribution in [1.29, 1.82) is 0 Å². The Balaban J connectivity index is 3.01. The first-order valence-electron chi connectivity index (χ1n) is 9.76. The van der Waals surface area contributed by atoms with Crippen molar-refractivity contribution >= 4 is 0 Å². The SMILES string of the molecule is C#CCCCC1CCC(C)CC(C)C(CC)(CC)C(C)(C)C1. The second-order valence-corrected chi connectivity index (χ2v) is 8.73. The van der Waals surface area contributed by atoms with Crippen molar-refractivity contribution < 1.29 is 0 Å². The Hall–Kier alpha value is -0.440. The average molecular weight is 305 g/mol. The molecule has 0 nitrogen and oxygen atoms in total. The Bertz CT molecular complexity index is 353. The summed E-state index contributed by atoms with van der Waals surface area (Å²) < 4.78 is 0. The standard InChI is InChI=1S/C22H40/c1-8-11-12-13-20-15-14-18(4)16-19(5)22(9-2,10-3)21(6,7)17-20/h1,18-20H,9-17H2,2-7H3. The molecule has 1 rings (SSSR count). The molecular weight excluding hydrogens is 264 g/mol. The highest BCUT2D eigenvalue weighted by molar-refractivity contribution is 4.97. The molecule has 0 aromatic carbocycles. The van der Waals surface area contributed by atoms with Gasteiger partial charge < -0.3 is 0 Å². The molecule has 0 spiro atoms. The molecule has 3 unspecified atom stereocenters. The maximum absolute atomic E-state index is 5.45. The third kappa shape index (κ3) is 4.31. The van der Waals surface area contributed by atoms with E-state index >= 15 is 0 Å². The lowest BCUT2D eigenvalue weighted by molar-refractivity contribution is -0.0220. The first-order chi connectivity index (χ1) is 10.3.